The molecule has 1 aliphatic heterocycles. The molecule has 1 aliphatic carbocycles. The fraction of sp³-hybridized carbons (Fsp3) is 0.950. The van der Waals surface area contributed by atoms with Gasteiger partial charge in [0.2, 0.25) is 0 Å². The number of ether oxygens (including phenoxy) is 1. The predicted octanol–water partition coefficient (Wildman–Crippen LogP) is 4.68. The molecule has 2 aliphatic rings. The summed E-state index contributed by atoms with van der Waals surface area (Å²) in [4.78, 5) is 14.7. The zero-order valence-corrected chi connectivity index (χ0v) is 17.5. The first-order valence-corrected chi connectivity index (χ1v) is 11.5. The molecule has 0 aromatic carbocycles. The lowest BCUT2D eigenvalue weighted by molar-refractivity contribution is 0.0133. The van der Waals surface area contributed by atoms with Crippen molar-refractivity contribution in [1.82, 2.24) is 10.2 Å². The maximum atomic E-state index is 12.6. The van der Waals surface area contributed by atoms with Crippen molar-refractivity contribution >= 4 is 17.9 Å². The maximum absolute atomic E-state index is 12.6. The van der Waals surface area contributed by atoms with E-state index < -0.39 is 5.60 Å². The summed E-state index contributed by atoms with van der Waals surface area (Å²) in [7, 11) is 0. The van der Waals surface area contributed by atoms with Crippen molar-refractivity contribution in [1.29, 1.82) is 0 Å². The summed E-state index contributed by atoms with van der Waals surface area (Å²) in [5.41, 5.74) is -0.411. The second-order valence-electron chi connectivity index (χ2n) is 8.59. The van der Waals surface area contributed by atoms with Crippen molar-refractivity contribution in [3.63, 3.8) is 0 Å². The Balaban J connectivity index is 1.91. The molecule has 0 aromatic heterocycles. The first kappa shape index (κ1) is 20.9. The molecule has 0 spiro atoms. The van der Waals surface area contributed by atoms with Crippen molar-refractivity contribution in [2.45, 2.75) is 89.8 Å². The lowest BCUT2D eigenvalue weighted by Gasteiger charge is -2.40. The second-order valence-corrected chi connectivity index (χ2v) is 9.58. The number of amides is 1. The van der Waals surface area contributed by atoms with Gasteiger partial charge in [-0.1, -0.05) is 12.8 Å². The number of carbonyl (C=O) groups excluding carboxylic acids is 1. The molecular formula is C20H38N2O2S. The fourth-order valence-electron chi connectivity index (χ4n) is 4.32. The Morgan fingerprint density at radius 1 is 1.16 bits per heavy atom. The minimum Gasteiger partial charge on any atom is -0.444 e. The highest BCUT2D eigenvalue weighted by Crippen LogP contribution is 2.35. The normalized spacial score (nSPS) is 27.5. The van der Waals surface area contributed by atoms with Crippen molar-refractivity contribution in [2.24, 2.45) is 5.92 Å². The van der Waals surface area contributed by atoms with Crippen molar-refractivity contribution in [2.75, 3.05) is 25.1 Å². The van der Waals surface area contributed by atoms with E-state index in [0.717, 1.165) is 25.9 Å². The van der Waals surface area contributed by atoms with Gasteiger partial charge < -0.3 is 15.0 Å². The summed E-state index contributed by atoms with van der Waals surface area (Å²) in [5.74, 6) is 1.84. The Morgan fingerprint density at radius 3 is 2.64 bits per heavy atom. The molecule has 1 heterocycles. The molecular weight excluding hydrogens is 332 g/mol. The lowest BCUT2D eigenvalue weighted by atomic mass is 9.79. The van der Waals surface area contributed by atoms with Gasteiger partial charge in [-0.25, -0.2) is 4.79 Å². The zero-order chi connectivity index (χ0) is 18.3. The molecule has 1 N–H and O–H groups in total. The average Bonchev–Trinajstić information content (AvgIpc) is 3.03. The number of hydrogen-bond acceptors (Lipinski definition) is 4. The summed E-state index contributed by atoms with van der Waals surface area (Å²) >= 11 is 1.93. The van der Waals surface area contributed by atoms with Crippen LogP contribution in [0, 0.1) is 5.92 Å². The predicted molar refractivity (Wildman–Crippen MR) is 107 cm³/mol. The monoisotopic (exact) mass is 370 g/mol. The summed E-state index contributed by atoms with van der Waals surface area (Å²) in [5, 5.41) is 3.83. The van der Waals surface area contributed by atoms with Crippen LogP contribution in [0.5, 0.6) is 0 Å². The minimum atomic E-state index is -0.411. The Kier molecular flexibility index (Phi) is 8.40. The van der Waals surface area contributed by atoms with Crippen LogP contribution < -0.4 is 5.32 Å². The van der Waals surface area contributed by atoms with E-state index in [4.69, 9.17) is 4.74 Å². The smallest absolute Gasteiger partial charge is 0.410 e. The summed E-state index contributed by atoms with van der Waals surface area (Å²) in [6, 6.07) is 0.926. The molecule has 0 radical (unpaired) electrons. The third-order valence-electron chi connectivity index (χ3n) is 5.42. The topological polar surface area (TPSA) is 41.6 Å². The molecule has 1 saturated heterocycles. The van der Waals surface area contributed by atoms with Gasteiger partial charge in [0, 0.05) is 18.6 Å². The van der Waals surface area contributed by atoms with Crippen LogP contribution in [0.3, 0.4) is 0 Å². The third-order valence-corrected chi connectivity index (χ3v) is 6.12. The Bertz CT molecular complexity index is 411. The van der Waals surface area contributed by atoms with Crippen LogP contribution in [0.1, 0.15) is 72.1 Å². The zero-order valence-electron chi connectivity index (χ0n) is 16.7. The first-order chi connectivity index (χ1) is 11.9. The van der Waals surface area contributed by atoms with Crippen LogP contribution in [0.15, 0.2) is 0 Å². The van der Waals surface area contributed by atoms with E-state index in [-0.39, 0.29) is 6.09 Å². The van der Waals surface area contributed by atoms with Crippen LogP contribution in [-0.4, -0.2) is 53.8 Å². The molecule has 146 valence electrons. The largest absolute Gasteiger partial charge is 0.444 e. The highest BCUT2D eigenvalue weighted by molar-refractivity contribution is 7.98. The van der Waals surface area contributed by atoms with Gasteiger partial charge >= 0.3 is 6.09 Å². The minimum absolute atomic E-state index is 0.112. The molecule has 1 amide bonds. The highest BCUT2D eigenvalue weighted by atomic mass is 32.2. The quantitative estimate of drug-likeness (QED) is 0.661. The fourth-order valence-corrected chi connectivity index (χ4v) is 4.81. The number of unbranched alkanes of at least 4 members (excludes halogenated alkanes) is 1. The standard InChI is InChI=1S/C20H38N2O2S/c1-20(2,3)24-19(23)22-14-9-12-18(22)16-10-5-6-11-17(16)21-13-7-8-15-25-4/h16-18,21H,5-15H2,1-4H3. The second kappa shape index (κ2) is 10.1. The Hall–Kier alpha value is -0.420. The lowest BCUT2D eigenvalue weighted by Crippen LogP contribution is -2.50. The van der Waals surface area contributed by atoms with Gasteiger partial charge in [-0.15, -0.1) is 0 Å². The van der Waals surface area contributed by atoms with E-state index in [1.807, 2.05) is 37.4 Å². The first-order valence-electron chi connectivity index (χ1n) is 10.1. The van der Waals surface area contributed by atoms with Gasteiger partial charge in [0.05, 0.1) is 0 Å². The number of thioether (sulfide) groups is 1. The third kappa shape index (κ3) is 6.67. The van der Waals surface area contributed by atoms with Crippen molar-refractivity contribution in [3.05, 3.63) is 0 Å². The number of likely N-dealkylation sites (tertiary alicyclic amines) is 1. The number of hydrogen-bond donors (Lipinski definition) is 1. The summed E-state index contributed by atoms with van der Waals surface area (Å²) < 4.78 is 5.67. The Morgan fingerprint density at radius 2 is 1.92 bits per heavy atom. The van der Waals surface area contributed by atoms with Gasteiger partial charge in [-0.05, 0) is 83.8 Å². The number of nitrogens with zero attached hydrogens (tertiary/aromatic N) is 1. The van der Waals surface area contributed by atoms with Gasteiger partial charge in [0.25, 0.3) is 0 Å². The molecule has 1 saturated carbocycles. The molecule has 3 atom stereocenters. The van der Waals surface area contributed by atoms with Crippen LogP contribution in [0.4, 0.5) is 4.79 Å². The van der Waals surface area contributed by atoms with Gasteiger partial charge in [0.1, 0.15) is 5.60 Å². The maximum Gasteiger partial charge on any atom is 0.410 e. The molecule has 0 aromatic rings. The van der Waals surface area contributed by atoms with E-state index in [0.29, 0.717) is 18.0 Å². The molecule has 2 fully saturated rings. The number of rotatable bonds is 7. The van der Waals surface area contributed by atoms with E-state index >= 15 is 0 Å². The summed E-state index contributed by atoms with van der Waals surface area (Å²) in [6.07, 6.45) is 12.0. The van der Waals surface area contributed by atoms with Gasteiger partial charge in [-0.3, -0.25) is 0 Å². The van der Waals surface area contributed by atoms with E-state index in [1.54, 1.807) is 0 Å². The van der Waals surface area contributed by atoms with Gasteiger partial charge in [0.15, 0.2) is 0 Å². The van der Waals surface area contributed by atoms with E-state index in [1.165, 1.54) is 44.3 Å². The van der Waals surface area contributed by atoms with Crippen molar-refractivity contribution in [3.8, 4) is 0 Å². The number of carbonyl (C=O) groups is 1. The molecule has 25 heavy (non-hydrogen) atoms. The Labute approximate surface area is 158 Å². The number of nitrogens with one attached hydrogen (secondary N) is 1. The van der Waals surface area contributed by atoms with E-state index in [2.05, 4.69) is 11.6 Å². The van der Waals surface area contributed by atoms with Gasteiger partial charge in [-0.2, -0.15) is 11.8 Å². The highest BCUT2D eigenvalue weighted by Gasteiger charge is 2.40. The van der Waals surface area contributed by atoms with Crippen LogP contribution in [0.2, 0.25) is 0 Å². The SMILES string of the molecule is CSCCCCNC1CCCCC1C1CCCN1C(=O)OC(C)(C)C. The van der Waals surface area contributed by atoms with Crippen LogP contribution in [0.25, 0.3) is 0 Å². The molecule has 4 nitrogen and oxygen atoms in total. The molecule has 5 heteroatoms. The van der Waals surface area contributed by atoms with Crippen LogP contribution in [-0.2, 0) is 4.74 Å². The van der Waals surface area contributed by atoms with E-state index in [9.17, 15) is 4.79 Å². The van der Waals surface area contributed by atoms with Crippen LogP contribution >= 0.6 is 11.8 Å². The van der Waals surface area contributed by atoms with Crippen molar-refractivity contribution < 1.29 is 9.53 Å². The molecule has 0 bridgehead atoms. The molecule has 2 rings (SSSR count). The molecule has 3 unspecified atom stereocenters. The average molecular weight is 371 g/mol. The summed E-state index contributed by atoms with van der Waals surface area (Å²) in [6.45, 7) is 7.83.